The van der Waals surface area contributed by atoms with Crippen molar-refractivity contribution in [3.63, 3.8) is 0 Å². The number of carbonyl (C=O) groups excluding carboxylic acids is 1. The number of anilines is 1. The molecule has 8 nitrogen and oxygen atoms in total. The van der Waals surface area contributed by atoms with Crippen LogP contribution in [0.5, 0.6) is 17.2 Å². The molecule has 1 aliphatic heterocycles. The molecule has 194 valence electrons. The zero-order chi connectivity index (χ0) is 25.9. The first-order valence-electron chi connectivity index (χ1n) is 12.5. The lowest BCUT2D eigenvalue weighted by molar-refractivity contribution is -0.121. The number of hydrogen-bond donors (Lipinski definition) is 2. The number of nitrogens with zero attached hydrogens (tertiary/aromatic N) is 2. The Morgan fingerprint density at radius 1 is 1.27 bits per heavy atom. The number of benzene rings is 1. The van der Waals surface area contributed by atoms with E-state index in [0.29, 0.717) is 17.4 Å². The Kier molecular flexibility index (Phi) is 7.14. The van der Waals surface area contributed by atoms with Gasteiger partial charge >= 0.3 is 0 Å². The number of carbonyl (C=O) groups is 1. The number of methoxy groups -OCH3 is 1. The summed E-state index contributed by atoms with van der Waals surface area (Å²) in [5.41, 5.74) is 8.88. The number of halogens is 1. The van der Waals surface area contributed by atoms with Crippen LogP contribution < -0.4 is 20.5 Å². The molecule has 1 aromatic carbocycles. The molecule has 9 heteroatoms. The normalized spacial score (nSPS) is 20.0. The highest BCUT2D eigenvalue weighted by Gasteiger charge is 2.24. The lowest BCUT2D eigenvalue weighted by atomic mass is 9.86. The smallest absolute Gasteiger partial charge is 0.224 e. The fourth-order valence-corrected chi connectivity index (χ4v) is 4.86. The molecule has 1 saturated heterocycles. The zero-order valence-corrected chi connectivity index (χ0v) is 20.9. The number of allylic oxidation sites excluding steroid dienone is 3. The third-order valence-corrected chi connectivity index (χ3v) is 6.98. The van der Waals surface area contributed by atoms with E-state index < -0.39 is 5.82 Å². The van der Waals surface area contributed by atoms with Crippen LogP contribution in [0.1, 0.15) is 25.5 Å². The Morgan fingerprint density at radius 3 is 2.78 bits per heavy atom. The molecule has 1 fully saturated rings. The number of rotatable bonds is 8. The molecule has 37 heavy (non-hydrogen) atoms. The van der Waals surface area contributed by atoms with Gasteiger partial charge in [-0.15, -0.1) is 0 Å². The van der Waals surface area contributed by atoms with E-state index in [1.165, 1.54) is 19.2 Å². The van der Waals surface area contributed by atoms with Crippen molar-refractivity contribution < 1.29 is 23.4 Å². The van der Waals surface area contributed by atoms with Gasteiger partial charge in [0, 0.05) is 31.9 Å². The van der Waals surface area contributed by atoms with E-state index in [1.54, 1.807) is 12.3 Å². The van der Waals surface area contributed by atoms with E-state index in [2.05, 4.69) is 5.32 Å². The van der Waals surface area contributed by atoms with Gasteiger partial charge in [0.1, 0.15) is 11.5 Å². The molecule has 1 aliphatic carbocycles. The van der Waals surface area contributed by atoms with Crippen molar-refractivity contribution >= 4 is 22.8 Å². The van der Waals surface area contributed by atoms with Crippen molar-refractivity contribution in [2.75, 3.05) is 32.2 Å². The van der Waals surface area contributed by atoms with Crippen molar-refractivity contribution in [3.05, 3.63) is 66.4 Å². The van der Waals surface area contributed by atoms with Gasteiger partial charge in [-0.05, 0) is 42.4 Å². The standard InChI is InChI=1S/C28H31FN4O4/c1-17-11-19(3-5-22(17)27(30)34)25-15-32-28-24(31-14-18-7-9-36-10-8-18)13-21(16-33(25)28)37-20-4-6-26(35-2)23(29)12-20/h3-6,11-13,15-18,22,31H,7-10,14H2,1-2H3,(H2,30,34). The lowest BCUT2D eigenvalue weighted by Gasteiger charge is -2.23. The number of aromatic nitrogens is 2. The van der Waals surface area contributed by atoms with E-state index in [4.69, 9.17) is 24.9 Å². The highest BCUT2D eigenvalue weighted by Crippen LogP contribution is 2.34. The van der Waals surface area contributed by atoms with Crippen LogP contribution in [-0.4, -0.2) is 42.2 Å². The number of pyridine rings is 1. The van der Waals surface area contributed by atoms with E-state index in [0.717, 1.165) is 55.2 Å². The molecule has 5 rings (SSSR count). The van der Waals surface area contributed by atoms with Crippen LogP contribution in [0.3, 0.4) is 0 Å². The first-order valence-corrected chi connectivity index (χ1v) is 12.5. The predicted octanol–water partition coefficient (Wildman–Crippen LogP) is 4.80. The third-order valence-electron chi connectivity index (χ3n) is 6.98. The Labute approximate surface area is 214 Å². The number of fused-ring (bicyclic) bond motifs is 1. The number of amides is 1. The van der Waals surface area contributed by atoms with Crippen molar-refractivity contribution in [1.82, 2.24) is 9.38 Å². The van der Waals surface area contributed by atoms with Crippen molar-refractivity contribution in [2.24, 2.45) is 23.5 Å². The summed E-state index contributed by atoms with van der Waals surface area (Å²) in [6.07, 6.45) is 11.4. The fourth-order valence-electron chi connectivity index (χ4n) is 4.86. The topological polar surface area (TPSA) is 100 Å². The minimum Gasteiger partial charge on any atom is -0.494 e. The van der Waals surface area contributed by atoms with E-state index in [1.807, 2.05) is 41.8 Å². The molecule has 0 bridgehead atoms. The molecule has 2 aliphatic rings. The van der Waals surface area contributed by atoms with Crippen molar-refractivity contribution in [2.45, 2.75) is 19.8 Å². The van der Waals surface area contributed by atoms with Gasteiger partial charge < -0.3 is 25.3 Å². The van der Waals surface area contributed by atoms with Crippen LogP contribution in [0.15, 0.2) is 54.9 Å². The van der Waals surface area contributed by atoms with E-state index in [-0.39, 0.29) is 23.5 Å². The summed E-state index contributed by atoms with van der Waals surface area (Å²) in [5.74, 6) is 0.284. The van der Waals surface area contributed by atoms with Crippen LogP contribution in [0.2, 0.25) is 0 Å². The first kappa shape index (κ1) is 24.8. The Balaban J connectivity index is 1.50. The monoisotopic (exact) mass is 506 g/mol. The van der Waals surface area contributed by atoms with Gasteiger partial charge in [-0.1, -0.05) is 25.2 Å². The molecule has 1 amide bonds. The quantitative estimate of drug-likeness (QED) is 0.455. The zero-order valence-electron chi connectivity index (χ0n) is 20.9. The Bertz CT molecular complexity index is 1360. The molecule has 0 saturated carbocycles. The van der Waals surface area contributed by atoms with Gasteiger partial charge in [0.25, 0.3) is 0 Å². The predicted molar refractivity (Wildman–Crippen MR) is 139 cm³/mol. The second-order valence-corrected chi connectivity index (χ2v) is 9.53. The maximum atomic E-state index is 14.3. The summed E-state index contributed by atoms with van der Waals surface area (Å²) in [7, 11) is 1.42. The van der Waals surface area contributed by atoms with Crippen LogP contribution in [0.25, 0.3) is 11.2 Å². The molecule has 0 radical (unpaired) electrons. The first-order chi connectivity index (χ1) is 17.9. The summed E-state index contributed by atoms with van der Waals surface area (Å²) < 4.78 is 32.8. The molecule has 3 N–H and O–H groups in total. The molecule has 3 aromatic rings. The number of primary amides is 1. The Morgan fingerprint density at radius 2 is 2.08 bits per heavy atom. The molecule has 0 spiro atoms. The summed E-state index contributed by atoms with van der Waals surface area (Å²) in [4.78, 5) is 16.5. The third kappa shape index (κ3) is 5.32. The summed E-state index contributed by atoms with van der Waals surface area (Å²) in [6.45, 7) is 4.29. The second kappa shape index (κ2) is 10.6. The number of ether oxygens (including phenoxy) is 3. The average molecular weight is 507 g/mol. The highest BCUT2D eigenvalue weighted by molar-refractivity contribution is 5.84. The molecule has 2 aromatic heterocycles. The van der Waals surface area contributed by atoms with Gasteiger partial charge in [-0.25, -0.2) is 9.37 Å². The van der Waals surface area contributed by atoms with E-state index in [9.17, 15) is 9.18 Å². The number of nitrogens with two attached hydrogens (primary N) is 1. The van der Waals surface area contributed by atoms with Crippen LogP contribution in [-0.2, 0) is 9.53 Å². The maximum Gasteiger partial charge on any atom is 0.224 e. The van der Waals surface area contributed by atoms with Gasteiger partial charge in [-0.3, -0.25) is 9.20 Å². The largest absolute Gasteiger partial charge is 0.494 e. The number of imidazole rings is 1. The highest BCUT2D eigenvalue weighted by atomic mass is 19.1. The lowest BCUT2D eigenvalue weighted by Crippen LogP contribution is -2.27. The molecule has 2 atom stereocenters. The molecule has 3 heterocycles. The summed E-state index contributed by atoms with van der Waals surface area (Å²) >= 11 is 0. The number of nitrogens with one attached hydrogen (secondary N) is 1. The van der Waals surface area contributed by atoms with Crippen molar-refractivity contribution in [1.29, 1.82) is 0 Å². The minimum absolute atomic E-state index is 0.0455. The SMILES string of the molecule is COc1ccc(Oc2cc(NCC3CCOCC3)c3ncc(C4=CC(C)C(C(N)=O)C=C4)n3c2)cc1F. The Hall–Kier alpha value is -3.85. The minimum atomic E-state index is -0.502. The van der Waals surface area contributed by atoms with Crippen LogP contribution >= 0.6 is 0 Å². The van der Waals surface area contributed by atoms with Gasteiger partial charge in [-0.2, -0.15) is 0 Å². The second-order valence-electron chi connectivity index (χ2n) is 9.53. The van der Waals surface area contributed by atoms with Gasteiger partial charge in [0.05, 0.1) is 36.8 Å². The number of hydrogen-bond acceptors (Lipinski definition) is 6. The van der Waals surface area contributed by atoms with Crippen LogP contribution in [0.4, 0.5) is 10.1 Å². The maximum absolute atomic E-state index is 14.3. The van der Waals surface area contributed by atoms with Crippen molar-refractivity contribution in [3.8, 4) is 17.2 Å². The molecular weight excluding hydrogens is 475 g/mol. The average Bonchev–Trinajstić information content (AvgIpc) is 3.32. The van der Waals surface area contributed by atoms with Gasteiger partial charge in [0.15, 0.2) is 17.2 Å². The van der Waals surface area contributed by atoms with Gasteiger partial charge in [0.2, 0.25) is 5.91 Å². The fraction of sp³-hybridized carbons (Fsp3) is 0.357. The van der Waals surface area contributed by atoms with Crippen LogP contribution in [0, 0.1) is 23.6 Å². The summed E-state index contributed by atoms with van der Waals surface area (Å²) in [5, 5.41) is 3.55. The molecular formula is C28H31FN4O4. The summed E-state index contributed by atoms with van der Waals surface area (Å²) in [6, 6.07) is 6.37. The van der Waals surface area contributed by atoms with E-state index >= 15 is 0 Å². The molecule has 2 unspecified atom stereocenters.